The molecule has 1 rings (SSSR count). The first-order valence-corrected chi connectivity index (χ1v) is 4.91. The molecule has 0 spiro atoms. The van der Waals surface area contributed by atoms with Crippen LogP contribution >= 0.6 is 0 Å². The maximum absolute atomic E-state index is 13.3. The van der Waals surface area contributed by atoms with E-state index in [1.165, 1.54) is 0 Å². The van der Waals surface area contributed by atoms with E-state index in [4.69, 9.17) is 0 Å². The molecule has 10 heteroatoms. The van der Waals surface area contributed by atoms with Gasteiger partial charge in [0.15, 0.2) is 0 Å². The maximum Gasteiger partial charge on any atom is 0.460 e. The van der Waals surface area contributed by atoms with Crippen molar-refractivity contribution in [3.8, 4) is 0 Å². The monoisotopic (exact) mass is 304 g/mol. The van der Waals surface area contributed by atoms with Crippen molar-refractivity contribution in [3.63, 3.8) is 0 Å². The average molecular weight is 304 g/mol. The first kappa shape index (κ1) is 16.4. The van der Waals surface area contributed by atoms with Gasteiger partial charge in [-0.15, -0.1) is 0 Å². The van der Waals surface area contributed by atoms with Gasteiger partial charge in [-0.3, -0.25) is 0 Å². The minimum absolute atomic E-state index is 0.444. The van der Waals surface area contributed by atoms with Crippen LogP contribution in [0.15, 0.2) is 0 Å². The summed E-state index contributed by atoms with van der Waals surface area (Å²) in [5.41, 5.74) is -1.63. The Morgan fingerprint density at radius 1 is 0.842 bits per heavy atom. The fourth-order valence-corrected chi connectivity index (χ4v) is 1.65. The van der Waals surface area contributed by atoms with Gasteiger partial charge in [0, 0.05) is 5.41 Å². The molecule has 1 unspecified atom stereocenters. The average Bonchev–Trinajstić information content (AvgIpc) is 2.13. The third-order valence-electron chi connectivity index (χ3n) is 2.83. The van der Waals surface area contributed by atoms with E-state index in [0.29, 0.717) is 0 Å². The molecular weight excluding hydrogens is 295 g/mol. The van der Waals surface area contributed by atoms with Gasteiger partial charge >= 0.3 is 23.9 Å². The van der Waals surface area contributed by atoms with Crippen LogP contribution in [0.3, 0.4) is 0 Å². The number of alkyl halides is 9. The highest BCUT2D eigenvalue weighted by Gasteiger charge is 2.84. The molecular formula is C9H9F9O. The third kappa shape index (κ3) is 2.07. The number of halogens is 9. The van der Waals surface area contributed by atoms with Gasteiger partial charge in [-0.25, -0.2) is 0 Å². The fraction of sp³-hybridized carbons (Fsp3) is 1.00. The van der Waals surface area contributed by atoms with Crippen LogP contribution in [-0.2, 0) is 4.74 Å². The van der Waals surface area contributed by atoms with Crippen molar-refractivity contribution in [1.29, 1.82) is 0 Å². The van der Waals surface area contributed by atoms with E-state index >= 15 is 0 Å². The Labute approximate surface area is 101 Å². The number of hydrogen-bond acceptors (Lipinski definition) is 1. The van der Waals surface area contributed by atoms with E-state index in [-0.39, 0.29) is 0 Å². The maximum atomic E-state index is 13.3. The minimum Gasteiger partial charge on any atom is -0.370 e. The number of rotatable bonds is 3. The highest BCUT2D eigenvalue weighted by atomic mass is 19.4. The van der Waals surface area contributed by atoms with Crippen molar-refractivity contribution in [1.82, 2.24) is 0 Å². The van der Waals surface area contributed by atoms with Crippen LogP contribution in [-0.4, -0.2) is 36.7 Å². The predicted octanol–water partition coefficient (Wildman–Crippen LogP) is 3.88. The summed E-state index contributed by atoms with van der Waals surface area (Å²) in [6, 6.07) is 0. The molecule has 1 heterocycles. The van der Waals surface area contributed by atoms with E-state index in [2.05, 4.69) is 4.74 Å². The highest BCUT2D eigenvalue weighted by Crippen LogP contribution is 2.58. The lowest BCUT2D eigenvalue weighted by Gasteiger charge is -2.50. The molecule has 0 amide bonds. The normalized spacial score (nSPS) is 25.1. The fourth-order valence-electron chi connectivity index (χ4n) is 1.65. The zero-order chi connectivity index (χ0) is 15.5. The second-order valence-electron chi connectivity index (χ2n) is 4.95. The molecule has 0 aromatic rings. The Bertz CT molecular complexity index is 357. The van der Waals surface area contributed by atoms with Gasteiger partial charge in [0.1, 0.15) is 6.10 Å². The predicted molar refractivity (Wildman–Crippen MR) is 44.4 cm³/mol. The molecule has 1 aliphatic rings. The Morgan fingerprint density at radius 3 is 1.47 bits per heavy atom. The van der Waals surface area contributed by atoms with E-state index in [1.807, 2.05) is 0 Å². The summed E-state index contributed by atoms with van der Waals surface area (Å²) in [6.45, 7) is 1.55. The summed E-state index contributed by atoms with van der Waals surface area (Å²) in [6.07, 6.45) is -9.52. The third-order valence-corrected chi connectivity index (χ3v) is 2.83. The molecule has 1 fully saturated rings. The molecule has 1 aliphatic heterocycles. The van der Waals surface area contributed by atoms with Crippen molar-refractivity contribution in [2.75, 3.05) is 6.61 Å². The number of hydrogen-bond donors (Lipinski definition) is 0. The van der Waals surface area contributed by atoms with Crippen LogP contribution in [0.2, 0.25) is 0 Å². The zero-order valence-corrected chi connectivity index (χ0v) is 9.59. The van der Waals surface area contributed by atoms with Crippen LogP contribution in [0.1, 0.15) is 13.8 Å². The molecule has 0 aromatic heterocycles. The molecule has 1 saturated heterocycles. The van der Waals surface area contributed by atoms with Crippen LogP contribution < -0.4 is 0 Å². The van der Waals surface area contributed by atoms with Gasteiger partial charge in [-0.05, 0) is 0 Å². The van der Waals surface area contributed by atoms with E-state index in [1.54, 1.807) is 0 Å². The van der Waals surface area contributed by atoms with Gasteiger partial charge in [-0.2, -0.15) is 39.5 Å². The second kappa shape index (κ2) is 3.92. The molecule has 0 saturated carbocycles. The minimum atomic E-state index is -6.86. The summed E-state index contributed by atoms with van der Waals surface area (Å²) in [5, 5.41) is 0. The molecule has 0 bridgehead atoms. The molecule has 1 atom stereocenters. The summed E-state index contributed by atoms with van der Waals surface area (Å²) in [5.74, 6) is -19.1. The van der Waals surface area contributed by atoms with Gasteiger partial charge in [-0.1, -0.05) is 13.8 Å². The lowest BCUT2D eigenvalue weighted by atomic mass is 9.76. The van der Waals surface area contributed by atoms with Crippen LogP contribution in [0.4, 0.5) is 39.5 Å². The van der Waals surface area contributed by atoms with Crippen molar-refractivity contribution in [2.45, 2.75) is 43.9 Å². The van der Waals surface area contributed by atoms with Crippen molar-refractivity contribution < 1.29 is 44.3 Å². The van der Waals surface area contributed by atoms with Crippen LogP contribution in [0, 0.1) is 5.41 Å². The van der Waals surface area contributed by atoms with Gasteiger partial charge < -0.3 is 4.74 Å². The first-order valence-electron chi connectivity index (χ1n) is 4.91. The number of ether oxygens (including phenoxy) is 1. The van der Waals surface area contributed by atoms with Gasteiger partial charge in [0.25, 0.3) is 0 Å². The quantitative estimate of drug-likeness (QED) is 0.719. The smallest absolute Gasteiger partial charge is 0.370 e. The Kier molecular flexibility index (Phi) is 3.38. The topological polar surface area (TPSA) is 9.23 Å². The van der Waals surface area contributed by atoms with Crippen molar-refractivity contribution in [2.24, 2.45) is 5.41 Å². The summed E-state index contributed by atoms with van der Waals surface area (Å²) in [4.78, 5) is 0. The first-order chi connectivity index (χ1) is 8.09. The molecule has 1 nitrogen and oxygen atoms in total. The van der Waals surface area contributed by atoms with Gasteiger partial charge in [0.2, 0.25) is 0 Å². The molecule has 0 radical (unpaired) electrons. The molecule has 0 aromatic carbocycles. The van der Waals surface area contributed by atoms with Crippen molar-refractivity contribution >= 4 is 0 Å². The Hall–Kier alpha value is -0.670. The SMILES string of the molecule is CC1(C)COC1C(F)(F)C(F)(F)C(F)(F)C(F)(F)F. The Morgan fingerprint density at radius 2 is 1.26 bits per heavy atom. The Balaban J connectivity index is 3.19. The largest absolute Gasteiger partial charge is 0.460 e. The van der Waals surface area contributed by atoms with Crippen LogP contribution in [0.25, 0.3) is 0 Å². The van der Waals surface area contributed by atoms with E-state index in [9.17, 15) is 39.5 Å². The standard InChI is InChI=1S/C9H9F9O/c1-5(2)3-19-4(5)6(10,11)7(12,13)8(14,15)9(16,17)18/h4H,3H2,1-2H3. The van der Waals surface area contributed by atoms with Crippen LogP contribution in [0.5, 0.6) is 0 Å². The van der Waals surface area contributed by atoms with E-state index < -0.39 is 42.1 Å². The second-order valence-corrected chi connectivity index (χ2v) is 4.95. The van der Waals surface area contributed by atoms with Crippen molar-refractivity contribution in [3.05, 3.63) is 0 Å². The molecule has 19 heavy (non-hydrogen) atoms. The summed E-state index contributed by atoms with van der Waals surface area (Å²) >= 11 is 0. The molecule has 114 valence electrons. The van der Waals surface area contributed by atoms with Gasteiger partial charge in [0.05, 0.1) is 6.61 Å². The zero-order valence-electron chi connectivity index (χ0n) is 9.59. The summed E-state index contributed by atoms with van der Waals surface area (Å²) < 4.78 is 117. The molecule has 0 N–H and O–H groups in total. The highest BCUT2D eigenvalue weighted by molar-refractivity contribution is 5.09. The summed E-state index contributed by atoms with van der Waals surface area (Å²) in [7, 11) is 0. The van der Waals surface area contributed by atoms with E-state index in [0.717, 1.165) is 13.8 Å². The lowest BCUT2D eigenvalue weighted by molar-refractivity contribution is -0.424. The lowest BCUT2D eigenvalue weighted by Crippen LogP contribution is -2.70. The molecule has 0 aliphatic carbocycles.